The molecule has 1 aliphatic carbocycles. The van der Waals surface area contributed by atoms with Crippen molar-refractivity contribution in [1.82, 2.24) is 9.97 Å². The monoisotopic (exact) mass is 744 g/mol. The first-order chi connectivity index (χ1) is 28.1. The highest BCUT2D eigenvalue weighted by molar-refractivity contribution is 7.26. The minimum atomic E-state index is -0.289. The largest absolute Gasteiger partial charge is 0.228 e. The number of fused-ring (bicyclic) bond motifs is 6. The van der Waals surface area contributed by atoms with Crippen molar-refractivity contribution in [2.45, 2.75) is 12.3 Å². The molecule has 0 amide bonds. The first-order valence-corrected chi connectivity index (χ1v) is 20.3. The number of rotatable bonds is 6. The number of nitrogens with zero attached hydrogens (tertiary/aromatic N) is 2. The molecule has 0 fully saturated rings. The van der Waals surface area contributed by atoms with Crippen molar-refractivity contribution in [1.29, 1.82) is 0 Å². The molecule has 0 saturated carbocycles. The second-order valence-corrected chi connectivity index (χ2v) is 16.1. The average molecular weight is 745 g/mol. The van der Waals surface area contributed by atoms with Gasteiger partial charge in [0.05, 0.1) is 11.4 Å². The summed E-state index contributed by atoms with van der Waals surface area (Å²) in [5.41, 5.74) is 15.9. The van der Waals surface area contributed by atoms with Gasteiger partial charge < -0.3 is 0 Å². The van der Waals surface area contributed by atoms with E-state index in [9.17, 15) is 0 Å². The summed E-state index contributed by atoms with van der Waals surface area (Å²) in [6.07, 6.45) is 0. The predicted molar refractivity (Wildman–Crippen MR) is 240 cm³/mol. The van der Waals surface area contributed by atoms with Gasteiger partial charge in [0, 0.05) is 42.3 Å². The maximum Gasteiger partial charge on any atom is 0.160 e. The van der Waals surface area contributed by atoms with Crippen LogP contribution in [0, 0.1) is 0 Å². The van der Waals surface area contributed by atoms with Crippen LogP contribution in [0.5, 0.6) is 0 Å². The van der Waals surface area contributed by atoms with Crippen LogP contribution in [0.25, 0.3) is 87.5 Å². The van der Waals surface area contributed by atoms with Crippen LogP contribution in [0.15, 0.2) is 200 Å². The molecule has 0 spiro atoms. The number of thiophene rings is 1. The molecule has 11 rings (SSSR count). The van der Waals surface area contributed by atoms with Crippen molar-refractivity contribution < 1.29 is 0 Å². The van der Waals surface area contributed by atoms with Crippen LogP contribution in [0.4, 0.5) is 0 Å². The Morgan fingerprint density at radius 3 is 1.79 bits per heavy atom. The van der Waals surface area contributed by atoms with Gasteiger partial charge in [-0.15, -0.1) is 11.3 Å². The Labute approximate surface area is 336 Å². The topological polar surface area (TPSA) is 25.8 Å². The van der Waals surface area contributed by atoms with Crippen molar-refractivity contribution in [3.05, 3.63) is 217 Å². The van der Waals surface area contributed by atoms with Gasteiger partial charge in [0.25, 0.3) is 0 Å². The Bertz CT molecular complexity index is 3130. The second kappa shape index (κ2) is 13.4. The molecule has 268 valence electrons. The molecule has 0 bridgehead atoms. The van der Waals surface area contributed by atoms with Crippen LogP contribution in [0.3, 0.4) is 0 Å². The fourth-order valence-corrected chi connectivity index (χ4v) is 10.1. The minimum absolute atomic E-state index is 0.289. The van der Waals surface area contributed by atoms with Crippen molar-refractivity contribution in [3.8, 4) is 67.3 Å². The summed E-state index contributed by atoms with van der Waals surface area (Å²) < 4.78 is 2.51. The molecule has 2 heterocycles. The number of hydrogen-bond donors (Lipinski definition) is 0. The molecule has 0 aliphatic heterocycles. The average Bonchev–Trinajstić information content (AvgIpc) is 3.80. The maximum atomic E-state index is 5.33. The highest BCUT2D eigenvalue weighted by Gasteiger charge is 2.40. The number of benzene rings is 8. The van der Waals surface area contributed by atoms with Gasteiger partial charge >= 0.3 is 0 Å². The summed E-state index contributed by atoms with van der Waals surface area (Å²) in [5, 5.41) is 2.53. The summed E-state index contributed by atoms with van der Waals surface area (Å²) in [6.45, 7) is 2.38. The van der Waals surface area contributed by atoms with Crippen molar-refractivity contribution in [2.24, 2.45) is 0 Å². The molecule has 8 aromatic carbocycles. The quantitative estimate of drug-likeness (QED) is 0.169. The zero-order valence-electron chi connectivity index (χ0n) is 31.4. The summed E-state index contributed by atoms with van der Waals surface area (Å²) in [6, 6.07) is 72.3. The van der Waals surface area contributed by atoms with Gasteiger partial charge in [-0.1, -0.05) is 164 Å². The third-order valence-electron chi connectivity index (χ3n) is 11.8. The van der Waals surface area contributed by atoms with Crippen molar-refractivity contribution >= 4 is 31.5 Å². The number of hydrogen-bond acceptors (Lipinski definition) is 3. The lowest BCUT2D eigenvalue weighted by Gasteiger charge is -2.28. The van der Waals surface area contributed by atoms with Crippen LogP contribution in [0.1, 0.15) is 23.6 Å². The first-order valence-electron chi connectivity index (χ1n) is 19.5. The van der Waals surface area contributed by atoms with Crippen LogP contribution in [-0.4, -0.2) is 9.97 Å². The maximum absolute atomic E-state index is 5.33. The SMILES string of the molecule is CC1(c2ccccc2)c2ccccc2-c2ccc(-c3cc(-c4ccccc4)cc(-c4cc(-c5cccc6c5sc5ccccc56)nc(-c5ccccc5)n4)c3)cc21. The third kappa shape index (κ3) is 5.54. The highest BCUT2D eigenvalue weighted by atomic mass is 32.1. The fourth-order valence-electron chi connectivity index (χ4n) is 8.89. The molecular weight excluding hydrogens is 709 g/mol. The van der Waals surface area contributed by atoms with Gasteiger partial charge in [-0.2, -0.15) is 0 Å². The lowest BCUT2D eigenvalue weighted by molar-refractivity contribution is 0.714. The zero-order chi connectivity index (χ0) is 37.9. The molecule has 0 saturated heterocycles. The summed E-state index contributed by atoms with van der Waals surface area (Å²) in [5.74, 6) is 0.710. The van der Waals surface area contributed by atoms with E-state index in [0.717, 1.165) is 44.8 Å². The molecular formula is C54H36N2S. The molecule has 1 unspecified atom stereocenters. The molecule has 57 heavy (non-hydrogen) atoms. The van der Waals surface area contributed by atoms with E-state index in [1.807, 2.05) is 17.4 Å². The van der Waals surface area contributed by atoms with E-state index in [4.69, 9.17) is 9.97 Å². The summed E-state index contributed by atoms with van der Waals surface area (Å²) >= 11 is 1.83. The van der Waals surface area contributed by atoms with E-state index in [2.05, 4.69) is 201 Å². The van der Waals surface area contributed by atoms with Gasteiger partial charge in [0.15, 0.2) is 5.82 Å². The molecule has 2 aromatic heterocycles. The lowest BCUT2D eigenvalue weighted by Crippen LogP contribution is -2.22. The Kier molecular flexibility index (Phi) is 7.84. The molecule has 1 atom stereocenters. The van der Waals surface area contributed by atoms with Crippen LogP contribution >= 0.6 is 11.3 Å². The van der Waals surface area contributed by atoms with E-state index in [1.54, 1.807) is 0 Å². The lowest BCUT2D eigenvalue weighted by atomic mass is 9.74. The van der Waals surface area contributed by atoms with Gasteiger partial charge in [-0.05, 0) is 93.4 Å². The van der Waals surface area contributed by atoms with Gasteiger partial charge in [-0.3, -0.25) is 0 Å². The van der Waals surface area contributed by atoms with Crippen molar-refractivity contribution in [3.63, 3.8) is 0 Å². The zero-order valence-corrected chi connectivity index (χ0v) is 32.2. The van der Waals surface area contributed by atoms with E-state index >= 15 is 0 Å². The Morgan fingerprint density at radius 2 is 0.982 bits per heavy atom. The fraction of sp³-hybridized carbons (Fsp3) is 0.0370. The second-order valence-electron chi connectivity index (χ2n) is 15.1. The summed E-state index contributed by atoms with van der Waals surface area (Å²) in [4.78, 5) is 10.6. The molecule has 2 nitrogen and oxygen atoms in total. The molecule has 0 N–H and O–H groups in total. The molecule has 0 radical (unpaired) electrons. The van der Waals surface area contributed by atoms with Crippen LogP contribution < -0.4 is 0 Å². The predicted octanol–water partition coefficient (Wildman–Crippen LogP) is 14.5. The third-order valence-corrected chi connectivity index (χ3v) is 13.0. The standard InChI is InChI=1S/C54H36N2S/c1-54(41-20-9-4-10-21-41)47-26-13-11-22-42(47)43-29-28-37(33-48(43)54)39-30-38(35-16-5-2-6-17-35)31-40(32-39)49-34-50(56-53(55-49)36-18-7-3-8-19-36)46-25-15-24-45-44-23-12-14-27-51(44)57-52(45)46/h2-34H,1H3. The molecule has 3 heteroatoms. The Morgan fingerprint density at radius 1 is 0.386 bits per heavy atom. The normalized spacial score (nSPS) is 14.5. The van der Waals surface area contributed by atoms with E-state index in [-0.39, 0.29) is 5.41 Å². The van der Waals surface area contributed by atoms with E-state index < -0.39 is 0 Å². The first kappa shape index (κ1) is 33.4. The van der Waals surface area contributed by atoms with Gasteiger partial charge in [0.2, 0.25) is 0 Å². The highest BCUT2D eigenvalue weighted by Crippen LogP contribution is 2.53. The van der Waals surface area contributed by atoms with E-state index in [1.165, 1.54) is 53.6 Å². The number of aromatic nitrogens is 2. The molecule has 1 aliphatic rings. The minimum Gasteiger partial charge on any atom is -0.228 e. The summed E-state index contributed by atoms with van der Waals surface area (Å²) in [7, 11) is 0. The Hall–Kier alpha value is -6.94. The van der Waals surface area contributed by atoms with Crippen molar-refractivity contribution in [2.75, 3.05) is 0 Å². The van der Waals surface area contributed by atoms with Gasteiger partial charge in [-0.25, -0.2) is 9.97 Å². The smallest absolute Gasteiger partial charge is 0.160 e. The van der Waals surface area contributed by atoms with Gasteiger partial charge in [0.1, 0.15) is 0 Å². The van der Waals surface area contributed by atoms with E-state index in [0.29, 0.717) is 5.82 Å². The van der Waals surface area contributed by atoms with Crippen LogP contribution in [0.2, 0.25) is 0 Å². The Balaban J connectivity index is 1.13. The molecule has 10 aromatic rings. The van der Waals surface area contributed by atoms with Crippen LogP contribution in [-0.2, 0) is 5.41 Å².